The largest absolute Gasteiger partial charge is 0.367 e. The quantitative estimate of drug-likeness (QED) is 0.850. The molecule has 17 heavy (non-hydrogen) atoms. The molecule has 0 aromatic carbocycles. The van der Waals surface area contributed by atoms with Gasteiger partial charge in [0.1, 0.15) is 0 Å². The summed E-state index contributed by atoms with van der Waals surface area (Å²) in [6.07, 6.45) is 8.87. The number of nitrogen functional groups attached to an aromatic ring is 1. The van der Waals surface area contributed by atoms with Gasteiger partial charge in [0.2, 0.25) is 5.88 Å². The fourth-order valence-electron chi connectivity index (χ4n) is 2.82. The Morgan fingerprint density at radius 3 is 2.71 bits per heavy atom. The van der Waals surface area contributed by atoms with E-state index in [1.165, 1.54) is 32.1 Å². The third-order valence-electron chi connectivity index (χ3n) is 3.78. The van der Waals surface area contributed by atoms with Gasteiger partial charge < -0.3 is 10.3 Å². The monoisotopic (exact) mass is 236 g/mol. The van der Waals surface area contributed by atoms with Crippen LogP contribution < -0.4 is 5.73 Å². The first-order valence-corrected chi connectivity index (χ1v) is 6.89. The highest BCUT2D eigenvalue weighted by atomic mass is 16.5. The number of nitrogens with zero attached hydrogens (tertiary/aromatic N) is 1. The van der Waals surface area contributed by atoms with Crippen LogP contribution in [0.3, 0.4) is 0 Å². The fraction of sp³-hybridized carbons (Fsp3) is 0.786. The SMILES string of the molecule is CC(C)Cc1c(CCC2CCCC2)noc1N. The van der Waals surface area contributed by atoms with E-state index in [2.05, 4.69) is 19.0 Å². The third kappa shape index (κ3) is 3.24. The third-order valence-corrected chi connectivity index (χ3v) is 3.78. The van der Waals surface area contributed by atoms with E-state index >= 15 is 0 Å². The molecule has 0 atom stereocenters. The van der Waals surface area contributed by atoms with Gasteiger partial charge in [0.15, 0.2) is 0 Å². The summed E-state index contributed by atoms with van der Waals surface area (Å²) in [6.45, 7) is 4.40. The molecule has 96 valence electrons. The van der Waals surface area contributed by atoms with Crippen LogP contribution in [-0.2, 0) is 12.8 Å². The number of nitrogens with two attached hydrogens (primary N) is 1. The minimum absolute atomic E-state index is 0.528. The van der Waals surface area contributed by atoms with Gasteiger partial charge in [-0.25, -0.2) is 0 Å². The molecule has 1 aromatic heterocycles. The first kappa shape index (κ1) is 12.5. The second-order valence-corrected chi connectivity index (χ2v) is 5.76. The van der Waals surface area contributed by atoms with Crippen LogP contribution in [0.15, 0.2) is 4.52 Å². The average Bonchev–Trinajstić information content (AvgIpc) is 2.88. The summed E-state index contributed by atoms with van der Waals surface area (Å²) in [4.78, 5) is 0. The molecule has 3 heteroatoms. The Morgan fingerprint density at radius 2 is 2.06 bits per heavy atom. The predicted octanol–water partition coefficient (Wildman–Crippen LogP) is 3.58. The van der Waals surface area contributed by atoms with Crippen molar-refractivity contribution in [2.24, 2.45) is 11.8 Å². The van der Waals surface area contributed by atoms with Crippen molar-refractivity contribution < 1.29 is 4.52 Å². The summed E-state index contributed by atoms with van der Waals surface area (Å²) in [5, 5.41) is 4.13. The highest BCUT2D eigenvalue weighted by Gasteiger charge is 2.19. The van der Waals surface area contributed by atoms with Crippen LogP contribution in [0.1, 0.15) is 57.2 Å². The summed E-state index contributed by atoms with van der Waals surface area (Å²) < 4.78 is 5.14. The Balaban J connectivity index is 1.94. The molecule has 1 aromatic rings. The zero-order valence-electron chi connectivity index (χ0n) is 11.0. The number of aryl methyl sites for hydroxylation is 1. The Bertz CT molecular complexity index is 351. The van der Waals surface area contributed by atoms with Gasteiger partial charge in [-0.2, -0.15) is 0 Å². The topological polar surface area (TPSA) is 52.0 Å². The van der Waals surface area contributed by atoms with Crippen LogP contribution in [0.4, 0.5) is 5.88 Å². The van der Waals surface area contributed by atoms with Crippen molar-refractivity contribution in [2.75, 3.05) is 5.73 Å². The second-order valence-electron chi connectivity index (χ2n) is 5.76. The number of hydrogen-bond acceptors (Lipinski definition) is 3. The van der Waals surface area contributed by atoms with Crippen molar-refractivity contribution in [3.63, 3.8) is 0 Å². The molecule has 1 aliphatic rings. The number of aromatic nitrogens is 1. The molecule has 3 nitrogen and oxygen atoms in total. The van der Waals surface area contributed by atoms with Gasteiger partial charge in [0.25, 0.3) is 0 Å². The smallest absolute Gasteiger partial charge is 0.225 e. The number of hydrogen-bond donors (Lipinski definition) is 1. The summed E-state index contributed by atoms with van der Waals surface area (Å²) in [6, 6.07) is 0. The Morgan fingerprint density at radius 1 is 1.35 bits per heavy atom. The lowest BCUT2D eigenvalue weighted by atomic mass is 9.96. The summed E-state index contributed by atoms with van der Waals surface area (Å²) in [7, 11) is 0. The molecular weight excluding hydrogens is 212 g/mol. The molecule has 0 aliphatic heterocycles. The van der Waals surface area contributed by atoms with Crippen molar-refractivity contribution >= 4 is 5.88 Å². The maximum absolute atomic E-state index is 5.84. The van der Waals surface area contributed by atoms with Gasteiger partial charge in [-0.05, 0) is 31.1 Å². The predicted molar refractivity (Wildman–Crippen MR) is 69.7 cm³/mol. The van der Waals surface area contributed by atoms with Crippen LogP contribution in [-0.4, -0.2) is 5.16 Å². The van der Waals surface area contributed by atoms with Gasteiger partial charge in [-0.15, -0.1) is 0 Å². The standard InChI is InChI=1S/C14H24N2O/c1-10(2)9-12-13(16-17-14(12)15)8-7-11-5-3-4-6-11/h10-11H,3-9,15H2,1-2H3. The summed E-state index contributed by atoms with van der Waals surface area (Å²) in [5.41, 5.74) is 8.10. The fourth-order valence-corrected chi connectivity index (χ4v) is 2.82. The van der Waals surface area contributed by atoms with Crippen molar-refractivity contribution in [3.05, 3.63) is 11.3 Å². The average molecular weight is 236 g/mol. The zero-order chi connectivity index (χ0) is 12.3. The molecule has 0 saturated heterocycles. The highest BCUT2D eigenvalue weighted by Crippen LogP contribution is 2.30. The first-order valence-electron chi connectivity index (χ1n) is 6.89. The number of rotatable bonds is 5. The molecule has 0 spiro atoms. The van der Waals surface area contributed by atoms with Crippen LogP contribution in [0.2, 0.25) is 0 Å². The summed E-state index contributed by atoms with van der Waals surface area (Å²) >= 11 is 0. The lowest BCUT2D eigenvalue weighted by Gasteiger charge is -2.08. The van der Waals surface area contributed by atoms with Gasteiger partial charge in [0.05, 0.1) is 5.69 Å². The highest BCUT2D eigenvalue weighted by molar-refractivity contribution is 5.39. The normalized spacial score (nSPS) is 17.1. The lowest BCUT2D eigenvalue weighted by molar-refractivity contribution is 0.419. The van der Waals surface area contributed by atoms with Gasteiger partial charge >= 0.3 is 0 Å². The first-order chi connectivity index (χ1) is 8.16. The van der Waals surface area contributed by atoms with Crippen LogP contribution in [0.25, 0.3) is 0 Å². The van der Waals surface area contributed by atoms with Crippen molar-refractivity contribution in [1.82, 2.24) is 5.16 Å². The van der Waals surface area contributed by atoms with E-state index in [0.717, 1.165) is 30.0 Å². The van der Waals surface area contributed by atoms with Gasteiger partial charge in [-0.3, -0.25) is 0 Å². The molecule has 1 aliphatic carbocycles. The minimum atomic E-state index is 0.528. The van der Waals surface area contributed by atoms with Crippen molar-refractivity contribution in [2.45, 2.75) is 58.8 Å². The van der Waals surface area contributed by atoms with Gasteiger partial charge in [-0.1, -0.05) is 44.7 Å². The maximum Gasteiger partial charge on any atom is 0.225 e. The Hall–Kier alpha value is -0.990. The van der Waals surface area contributed by atoms with Crippen molar-refractivity contribution in [3.8, 4) is 0 Å². The van der Waals surface area contributed by atoms with E-state index in [-0.39, 0.29) is 0 Å². The molecule has 0 unspecified atom stereocenters. The maximum atomic E-state index is 5.84. The van der Waals surface area contributed by atoms with E-state index in [4.69, 9.17) is 10.3 Å². The van der Waals surface area contributed by atoms with Crippen LogP contribution in [0, 0.1) is 11.8 Å². The van der Waals surface area contributed by atoms with Gasteiger partial charge in [0, 0.05) is 5.56 Å². The molecule has 2 N–H and O–H groups in total. The van der Waals surface area contributed by atoms with E-state index < -0.39 is 0 Å². The molecule has 0 bridgehead atoms. The lowest BCUT2D eigenvalue weighted by Crippen LogP contribution is -2.03. The second kappa shape index (κ2) is 5.56. The van der Waals surface area contributed by atoms with Crippen LogP contribution in [0.5, 0.6) is 0 Å². The number of anilines is 1. The van der Waals surface area contributed by atoms with E-state index in [0.29, 0.717) is 11.8 Å². The molecule has 1 saturated carbocycles. The molecular formula is C14H24N2O. The molecule has 0 amide bonds. The molecule has 1 fully saturated rings. The molecule has 1 heterocycles. The Kier molecular flexibility index (Phi) is 4.08. The van der Waals surface area contributed by atoms with E-state index in [9.17, 15) is 0 Å². The molecule has 0 radical (unpaired) electrons. The zero-order valence-corrected chi connectivity index (χ0v) is 11.0. The minimum Gasteiger partial charge on any atom is -0.367 e. The summed E-state index contributed by atoms with van der Waals surface area (Å²) in [5.74, 6) is 2.03. The van der Waals surface area contributed by atoms with E-state index in [1.54, 1.807) is 0 Å². The van der Waals surface area contributed by atoms with Crippen molar-refractivity contribution in [1.29, 1.82) is 0 Å². The van der Waals surface area contributed by atoms with Crippen LogP contribution >= 0.6 is 0 Å². The molecule has 2 rings (SSSR count). The van der Waals surface area contributed by atoms with E-state index in [1.807, 2.05) is 0 Å². The Labute approximate surface area is 104 Å².